The highest BCUT2D eigenvalue weighted by Gasteiger charge is 2.27. The molecule has 3 aromatic rings. The molecule has 1 amide bonds. The van der Waals surface area contributed by atoms with Gasteiger partial charge >= 0.3 is 0 Å². The molecule has 180 valence electrons. The van der Waals surface area contributed by atoms with Gasteiger partial charge in [-0.1, -0.05) is 32.9 Å². The first-order valence-electron chi connectivity index (χ1n) is 11.9. The van der Waals surface area contributed by atoms with Gasteiger partial charge in [0, 0.05) is 44.0 Å². The van der Waals surface area contributed by atoms with Crippen LogP contribution in [0.25, 0.3) is 0 Å². The smallest absolute Gasteiger partial charge is 0.251 e. The average Bonchev–Trinajstić information content (AvgIpc) is 3.39. The number of methoxy groups -OCH3 is 1. The highest BCUT2D eigenvalue weighted by Crippen LogP contribution is 2.26. The Bertz CT molecular complexity index is 1050. The van der Waals surface area contributed by atoms with Gasteiger partial charge in [0.2, 0.25) is 0 Å². The van der Waals surface area contributed by atoms with E-state index in [9.17, 15) is 4.79 Å². The zero-order valence-corrected chi connectivity index (χ0v) is 20.6. The molecule has 0 bridgehead atoms. The molecule has 6 nitrogen and oxygen atoms in total. The predicted molar refractivity (Wildman–Crippen MR) is 136 cm³/mol. The summed E-state index contributed by atoms with van der Waals surface area (Å²) in [6.45, 7) is 10.6. The number of furan rings is 1. The molecule has 1 N–H and O–H groups in total. The second kappa shape index (κ2) is 10.3. The normalized spacial score (nSPS) is 15.7. The number of piperazine rings is 1. The van der Waals surface area contributed by atoms with Crippen molar-refractivity contribution in [3.05, 3.63) is 83.8 Å². The molecular weight excluding hydrogens is 426 g/mol. The summed E-state index contributed by atoms with van der Waals surface area (Å²) in [6, 6.07) is 20.0. The topological polar surface area (TPSA) is 58.0 Å². The molecule has 1 aliphatic rings. The SMILES string of the molecule is COc1ccc(N2CCN([C@H](CNC(=O)c3ccc(C(C)(C)C)cc3)c3ccco3)CC2)cc1. The van der Waals surface area contributed by atoms with Crippen LogP contribution in [0, 0.1) is 0 Å². The molecule has 0 spiro atoms. The summed E-state index contributed by atoms with van der Waals surface area (Å²) in [5.41, 5.74) is 3.15. The number of amides is 1. The highest BCUT2D eigenvalue weighted by molar-refractivity contribution is 5.94. The summed E-state index contributed by atoms with van der Waals surface area (Å²) >= 11 is 0. The van der Waals surface area contributed by atoms with E-state index >= 15 is 0 Å². The van der Waals surface area contributed by atoms with Gasteiger partial charge in [0.1, 0.15) is 11.5 Å². The van der Waals surface area contributed by atoms with Crippen molar-refractivity contribution in [3.63, 3.8) is 0 Å². The van der Waals surface area contributed by atoms with Gasteiger partial charge in [-0.25, -0.2) is 0 Å². The summed E-state index contributed by atoms with van der Waals surface area (Å²) < 4.78 is 11.0. The first-order valence-corrected chi connectivity index (χ1v) is 11.9. The Balaban J connectivity index is 1.38. The van der Waals surface area contributed by atoms with Gasteiger partial charge in [-0.2, -0.15) is 0 Å². The van der Waals surface area contributed by atoms with Crippen molar-refractivity contribution in [2.24, 2.45) is 0 Å². The fourth-order valence-electron chi connectivity index (χ4n) is 4.39. The number of anilines is 1. The van der Waals surface area contributed by atoms with E-state index in [-0.39, 0.29) is 17.4 Å². The third kappa shape index (κ3) is 5.62. The van der Waals surface area contributed by atoms with Crippen molar-refractivity contribution >= 4 is 11.6 Å². The Kier molecular flexibility index (Phi) is 7.27. The number of nitrogens with one attached hydrogen (secondary N) is 1. The van der Waals surface area contributed by atoms with Gasteiger partial charge < -0.3 is 19.4 Å². The van der Waals surface area contributed by atoms with E-state index in [1.54, 1.807) is 13.4 Å². The molecule has 6 heteroatoms. The van der Waals surface area contributed by atoms with Gasteiger partial charge in [0.25, 0.3) is 5.91 Å². The lowest BCUT2D eigenvalue weighted by molar-refractivity contribution is 0.0922. The van der Waals surface area contributed by atoms with Crippen LogP contribution in [0.15, 0.2) is 71.3 Å². The van der Waals surface area contributed by atoms with E-state index in [0.717, 1.165) is 37.7 Å². The summed E-state index contributed by atoms with van der Waals surface area (Å²) in [6.07, 6.45) is 1.70. The van der Waals surface area contributed by atoms with E-state index in [1.165, 1.54) is 11.3 Å². The van der Waals surface area contributed by atoms with Crippen LogP contribution >= 0.6 is 0 Å². The lowest BCUT2D eigenvalue weighted by Crippen LogP contribution is -2.49. The number of carbonyl (C=O) groups is 1. The summed E-state index contributed by atoms with van der Waals surface area (Å²) in [7, 11) is 1.68. The van der Waals surface area contributed by atoms with Gasteiger partial charge in [-0.3, -0.25) is 9.69 Å². The van der Waals surface area contributed by atoms with Crippen LogP contribution in [0.5, 0.6) is 5.75 Å². The van der Waals surface area contributed by atoms with Crippen LogP contribution in [0.2, 0.25) is 0 Å². The Hall–Kier alpha value is -3.25. The van der Waals surface area contributed by atoms with Crippen LogP contribution in [-0.2, 0) is 5.41 Å². The van der Waals surface area contributed by atoms with E-state index < -0.39 is 0 Å². The number of nitrogens with zero attached hydrogens (tertiary/aromatic N) is 2. The minimum Gasteiger partial charge on any atom is -0.497 e. The molecule has 1 fully saturated rings. The first-order chi connectivity index (χ1) is 16.3. The van der Waals surface area contributed by atoms with Crippen molar-refractivity contribution in [3.8, 4) is 5.75 Å². The molecule has 1 atom stereocenters. The maximum absolute atomic E-state index is 12.9. The quantitative estimate of drug-likeness (QED) is 0.544. The monoisotopic (exact) mass is 461 g/mol. The molecule has 0 aliphatic carbocycles. The summed E-state index contributed by atoms with van der Waals surface area (Å²) in [4.78, 5) is 17.6. The van der Waals surface area contributed by atoms with Crippen LogP contribution in [0.4, 0.5) is 5.69 Å². The zero-order chi connectivity index (χ0) is 24.1. The van der Waals surface area contributed by atoms with Gasteiger partial charge in [0.05, 0.1) is 19.4 Å². The highest BCUT2D eigenvalue weighted by atomic mass is 16.5. The molecule has 1 saturated heterocycles. The fraction of sp³-hybridized carbons (Fsp3) is 0.393. The van der Waals surface area contributed by atoms with Crippen LogP contribution in [0.3, 0.4) is 0 Å². The van der Waals surface area contributed by atoms with Gasteiger partial charge in [-0.15, -0.1) is 0 Å². The van der Waals surface area contributed by atoms with E-state index in [0.29, 0.717) is 12.1 Å². The van der Waals surface area contributed by atoms with Crippen LogP contribution in [0.1, 0.15) is 48.5 Å². The Morgan fingerprint density at radius 1 is 1.00 bits per heavy atom. The molecule has 0 unspecified atom stereocenters. The molecule has 2 heterocycles. The minimum absolute atomic E-state index is 0.00850. The Morgan fingerprint density at radius 3 is 2.24 bits per heavy atom. The third-order valence-electron chi connectivity index (χ3n) is 6.53. The molecule has 0 saturated carbocycles. The average molecular weight is 462 g/mol. The molecule has 4 rings (SSSR count). The van der Waals surface area contributed by atoms with E-state index in [4.69, 9.17) is 9.15 Å². The number of hydrogen-bond donors (Lipinski definition) is 1. The Morgan fingerprint density at radius 2 is 1.68 bits per heavy atom. The largest absolute Gasteiger partial charge is 0.497 e. The van der Waals surface area contributed by atoms with Gasteiger partial charge in [-0.05, 0) is 59.5 Å². The molecule has 1 aliphatic heterocycles. The van der Waals surface area contributed by atoms with Crippen LogP contribution < -0.4 is 15.0 Å². The zero-order valence-electron chi connectivity index (χ0n) is 20.6. The maximum atomic E-state index is 12.9. The fourth-order valence-corrected chi connectivity index (χ4v) is 4.39. The van der Waals surface area contributed by atoms with Crippen molar-refractivity contribution < 1.29 is 13.9 Å². The first kappa shape index (κ1) is 23.9. The standard InChI is InChI=1S/C28H35N3O3/c1-28(2,3)22-9-7-21(8-10-22)27(32)29-20-25(26-6-5-19-34-26)31-17-15-30(16-18-31)23-11-13-24(33-4)14-12-23/h5-14,19,25H,15-18,20H2,1-4H3,(H,29,32)/t25-/m1/s1. The van der Waals surface area contributed by atoms with Crippen molar-refractivity contribution in [1.82, 2.24) is 10.2 Å². The number of hydrogen-bond acceptors (Lipinski definition) is 5. The molecule has 0 radical (unpaired) electrons. The summed E-state index contributed by atoms with van der Waals surface area (Å²) in [5, 5.41) is 3.13. The lowest BCUT2D eigenvalue weighted by atomic mass is 9.87. The maximum Gasteiger partial charge on any atom is 0.251 e. The third-order valence-corrected chi connectivity index (χ3v) is 6.53. The Labute approximate surface area is 202 Å². The number of benzene rings is 2. The number of carbonyl (C=O) groups excluding carboxylic acids is 1. The summed E-state index contributed by atoms with van der Waals surface area (Å²) in [5.74, 6) is 1.68. The number of ether oxygens (including phenoxy) is 1. The molecule has 2 aromatic carbocycles. The molecule has 34 heavy (non-hydrogen) atoms. The molecule has 1 aromatic heterocycles. The molecular formula is C28H35N3O3. The lowest BCUT2D eigenvalue weighted by Gasteiger charge is -2.39. The van der Waals surface area contributed by atoms with Crippen molar-refractivity contribution in [2.45, 2.75) is 32.2 Å². The van der Waals surface area contributed by atoms with E-state index in [2.05, 4.69) is 48.0 Å². The minimum atomic E-state index is -0.0612. The second-order valence-corrected chi connectivity index (χ2v) is 9.79. The van der Waals surface area contributed by atoms with Crippen molar-refractivity contribution in [1.29, 1.82) is 0 Å². The van der Waals surface area contributed by atoms with E-state index in [1.807, 2.05) is 48.5 Å². The second-order valence-electron chi connectivity index (χ2n) is 9.79. The predicted octanol–water partition coefficient (Wildman–Crippen LogP) is 4.88. The van der Waals surface area contributed by atoms with Gasteiger partial charge in [0.15, 0.2) is 0 Å². The van der Waals surface area contributed by atoms with Crippen molar-refractivity contribution in [2.75, 3.05) is 44.7 Å². The van der Waals surface area contributed by atoms with Crippen LogP contribution in [-0.4, -0.2) is 50.6 Å². The number of rotatable bonds is 7.